The van der Waals surface area contributed by atoms with Crippen LogP contribution in [0.4, 0.5) is 4.79 Å². The highest BCUT2D eigenvalue weighted by Crippen LogP contribution is 2.27. The summed E-state index contributed by atoms with van der Waals surface area (Å²) in [6.07, 6.45) is 0. The molecule has 1 aromatic rings. The third-order valence-corrected chi connectivity index (χ3v) is 2.50. The van der Waals surface area contributed by atoms with E-state index in [-0.39, 0.29) is 0 Å². The maximum atomic E-state index is 11.0. The lowest BCUT2D eigenvalue weighted by molar-refractivity contribution is 0.241. The molecule has 2 amide bonds. The molecule has 0 bridgehead atoms. The molecule has 0 aromatic heterocycles. The zero-order valence-electron chi connectivity index (χ0n) is 10.4. The number of methoxy groups -OCH3 is 1. The van der Waals surface area contributed by atoms with Crippen LogP contribution in [0.2, 0.25) is 0 Å². The largest absolute Gasteiger partial charge is 0.496 e. The van der Waals surface area contributed by atoms with Crippen LogP contribution in [0.5, 0.6) is 5.75 Å². The van der Waals surface area contributed by atoms with Crippen molar-refractivity contribution in [3.8, 4) is 5.75 Å². The third-order valence-electron chi connectivity index (χ3n) is 2.50. The molecule has 0 saturated heterocycles. The Morgan fingerprint density at radius 2 is 2.18 bits per heavy atom. The first-order valence-electron chi connectivity index (χ1n) is 5.49. The first-order chi connectivity index (χ1) is 8.08. The monoisotopic (exact) mass is 237 g/mol. The van der Waals surface area contributed by atoms with Gasteiger partial charge in [0.2, 0.25) is 0 Å². The maximum absolute atomic E-state index is 11.0. The van der Waals surface area contributed by atoms with Crippen molar-refractivity contribution in [2.75, 3.05) is 7.11 Å². The van der Waals surface area contributed by atoms with Gasteiger partial charge in [0, 0.05) is 6.54 Å². The SMILES string of the molecule is COc1ccc(CNC(=O)NN)cc1C(C)C. The molecule has 0 aliphatic carbocycles. The van der Waals surface area contributed by atoms with E-state index in [1.54, 1.807) is 7.11 Å². The molecular formula is C12H19N3O2. The first-order valence-corrected chi connectivity index (χ1v) is 5.49. The molecule has 0 saturated carbocycles. The van der Waals surface area contributed by atoms with E-state index in [1.165, 1.54) is 0 Å². The minimum atomic E-state index is -0.396. The second kappa shape index (κ2) is 6.10. The summed E-state index contributed by atoms with van der Waals surface area (Å²) in [5, 5.41) is 2.64. The summed E-state index contributed by atoms with van der Waals surface area (Å²) in [4.78, 5) is 11.0. The van der Waals surface area contributed by atoms with E-state index in [0.29, 0.717) is 12.5 Å². The van der Waals surface area contributed by atoms with Crippen LogP contribution >= 0.6 is 0 Å². The lowest BCUT2D eigenvalue weighted by Gasteiger charge is -2.13. The minimum Gasteiger partial charge on any atom is -0.496 e. The molecule has 1 rings (SSSR count). The number of rotatable bonds is 4. The summed E-state index contributed by atoms with van der Waals surface area (Å²) in [5.74, 6) is 6.21. The molecule has 17 heavy (non-hydrogen) atoms. The topological polar surface area (TPSA) is 76.4 Å². The van der Waals surface area contributed by atoms with E-state index in [2.05, 4.69) is 19.2 Å². The van der Waals surface area contributed by atoms with E-state index in [0.717, 1.165) is 16.9 Å². The summed E-state index contributed by atoms with van der Waals surface area (Å²) >= 11 is 0. The summed E-state index contributed by atoms with van der Waals surface area (Å²) < 4.78 is 5.29. The normalized spacial score (nSPS) is 10.2. The Hall–Kier alpha value is -1.75. The highest BCUT2D eigenvalue weighted by molar-refractivity contribution is 5.73. The molecule has 94 valence electrons. The van der Waals surface area contributed by atoms with Gasteiger partial charge in [-0.2, -0.15) is 0 Å². The van der Waals surface area contributed by atoms with Crippen molar-refractivity contribution in [2.24, 2.45) is 5.84 Å². The number of carbonyl (C=O) groups excluding carboxylic acids is 1. The van der Waals surface area contributed by atoms with Crippen molar-refractivity contribution in [2.45, 2.75) is 26.3 Å². The Morgan fingerprint density at radius 1 is 1.47 bits per heavy atom. The van der Waals surface area contributed by atoms with Crippen LogP contribution in [0.25, 0.3) is 0 Å². The van der Waals surface area contributed by atoms with Gasteiger partial charge in [-0.25, -0.2) is 10.6 Å². The number of nitrogens with one attached hydrogen (secondary N) is 2. The molecular weight excluding hydrogens is 218 g/mol. The molecule has 0 spiro atoms. The Kier molecular flexibility index (Phi) is 4.78. The third kappa shape index (κ3) is 3.64. The smallest absolute Gasteiger partial charge is 0.329 e. The molecule has 1 aromatic carbocycles. The van der Waals surface area contributed by atoms with Crippen LogP contribution in [0.1, 0.15) is 30.9 Å². The molecule has 0 fully saturated rings. The fourth-order valence-corrected chi connectivity index (χ4v) is 1.58. The number of amides is 2. The standard InChI is InChI=1S/C12H19N3O2/c1-8(2)10-6-9(4-5-11(10)17-3)7-14-12(16)15-13/h4-6,8H,7,13H2,1-3H3,(H2,14,15,16). The Labute approximate surface area is 101 Å². The number of hydrazine groups is 1. The van der Waals surface area contributed by atoms with Gasteiger partial charge in [0.1, 0.15) is 5.75 Å². The van der Waals surface area contributed by atoms with E-state index in [9.17, 15) is 4.79 Å². The summed E-state index contributed by atoms with van der Waals surface area (Å²) in [6.45, 7) is 4.63. The van der Waals surface area contributed by atoms with Crippen LogP contribution in [0.3, 0.4) is 0 Å². The highest BCUT2D eigenvalue weighted by atomic mass is 16.5. The van der Waals surface area contributed by atoms with Gasteiger partial charge in [-0.1, -0.05) is 26.0 Å². The van der Waals surface area contributed by atoms with Crippen molar-refractivity contribution in [3.05, 3.63) is 29.3 Å². The zero-order valence-corrected chi connectivity index (χ0v) is 10.4. The van der Waals surface area contributed by atoms with Crippen LogP contribution in [-0.4, -0.2) is 13.1 Å². The fourth-order valence-electron chi connectivity index (χ4n) is 1.58. The number of hydrogen-bond acceptors (Lipinski definition) is 3. The van der Waals surface area contributed by atoms with Gasteiger partial charge in [0.25, 0.3) is 0 Å². The van der Waals surface area contributed by atoms with Crippen molar-refractivity contribution in [1.82, 2.24) is 10.7 Å². The minimum absolute atomic E-state index is 0.369. The van der Waals surface area contributed by atoms with Gasteiger partial charge in [-0.3, -0.25) is 5.43 Å². The second-order valence-electron chi connectivity index (χ2n) is 4.06. The number of carbonyl (C=O) groups is 1. The van der Waals surface area contributed by atoms with Crippen LogP contribution in [0, 0.1) is 0 Å². The average Bonchev–Trinajstić information content (AvgIpc) is 2.35. The Bertz CT molecular complexity index is 391. The van der Waals surface area contributed by atoms with Gasteiger partial charge in [-0.15, -0.1) is 0 Å². The summed E-state index contributed by atoms with van der Waals surface area (Å²) in [6, 6.07) is 5.46. The number of hydrogen-bond donors (Lipinski definition) is 3. The van der Waals surface area contributed by atoms with Gasteiger partial charge in [0.05, 0.1) is 7.11 Å². The summed E-state index contributed by atoms with van der Waals surface area (Å²) in [7, 11) is 1.65. The molecule has 5 heteroatoms. The van der Waals surface area contributed by atoms with Crippen molar-refractivity contribution < 1.29 is 9.53 Å². The van der Waals surface area contributed by atoms with Crippen LogP contribution < -0.4 is 21.3 Å². The molecule has 0 aliphatic heterocycles. The molecule has 0 radical (unpaired) electrons. The summed E-state index contributed by atoms with van der Waals surface area (Å²) in [5.41, 5.74) is 4.16. The molecule has 0 aliphatic rings. The van der Waals surface area contributed by atoms with Crippen LogP contribution in [-0.2, 0) is 6.54 Å². The van der Waals surface area contributed by atoms with Crippen molar-refractivity contribution in [3.63, 3.8) is 0 Å². The predicted molar refractivity (Wildman–Crippen MR) is 66.6 cm³/mol. The average molecular weight is 237 g/mol. The Balaban J connectivity index is 2.81. The maximum Gasteiger partial charge on any atom is 0.329 e. The fraction of sp³-hybridized carbons (Fsp3) is 0.417. The van der Waals surface area contributed by atoms with Gasteiger partial charge in [-0.05, 0) is 23.1 Å². The molecule has 0 unspecified atom stereocenters. The van der Waals surface area contributed by atoms with Crippen molar-refractivity contribution in [1.29, 1.82) is 0 Å². The molecule has 0 atom stereocenters. The first kappa shape index (κ1) is 13.3. The Morgan fingerprint density at radius 3 is 2.71 bits per heavy atom. The lowest BCUT2D eigenvalue weighted by Crippen LogP contribution is -2.39. The van der Waals surface area contributed by atoms with Gasteiger partial charge in [0.15, 0.2) is 0 Å². The number of benzene rings is 1. The van der Waals surface area contributed by atoms with Gasteiger partial charge < -0.3 is 10.1 Å². The highest BCUT2D eigenvalue weighted by Gasteiger charge is 2.08. The number of urea groups is 1. The van der Waals surface area contributed by atoms with E-state index < -0.39 is 6.03 Å². The zero-order chi connectivity index (χ0) is 12.8. The van der Waals surface area contributed by atoms with E-state index in [1.807, 2.05) is 23.6 Å². The number of ether oxygens (including phenoxy) is 1. The number of nitrogens with two attached hydrogens (primary N) is 1. The van der Waals surface area contributed by atoms with Gasteiger partial charge >= 0.3 is 6.03 Å². The van der Waals surface area contributed by atoms with E-state index in [4.69, 9.17) is 10.6 Å². The van der Waals surface area contributed by atoms with Crippen LogP contribution in [0.15, 0.2) is 18.2 Å². The molecule has 4 N–H and O–H groups in total. The second-order valence-corrected chi connectivity index (χ2v) is 4.06. The molecule has 0 heterocycles. The molecule has 5 nitrogen and oxygen atoms in total. The van der Waals surface area contributed by atoms with Crippen molar-refractivity contribution >= 4 is 6.03 Å². The quantitative estimate of drug-likeness (QED) is 0.422. The lowest BCUT2D eigenvalue weighted by atomic mass is 9.99. The van der Waals surface area contributed by atoms with E-state index >= 15 is 0 Å². The predicted octanol–water partition coefficient (Wildman–Crippen LogP) is 1.49.